The van der Waals surface area contributed by atoms with Crippen molar-refractivity contribution in [2.24, 2.45) is 0 Å². The van der Waals surface area contributed by atoms with Gasteiger partial charge in [0.1, 0.15) is 11.3 Å². The Morgan fingerprint density at radius 1 is 1.25 bits per heavy atom. The van der Waals surface area contributed by atoms with Crippen molar-refractivity contribution in [3.63, 3.8) is 0 Å². The highest BCUT2D eigenvalue weighted by atomic mass is 32.2. The number of imidazole rings is 1. The van der Waals surface area contributed by atoms with Crippen molar-refractivity contribution in [1.29, 1.82) is 0 Å². The number of nitrogens with zero attached hydrogens (tertiary/aromatic N) is 4. The molecule has 1 saturated heterocycles. The number of rotatable bonds is 6. The van der Waals surface area contributed by atoms with Gasteiger partial charge < -0.3 is 9.30 Å². The van der Waals surface area contributed by atoms with Crippen molar-refractivity contribution in [2.75, 3.05) is 20.2 Å². The van der Waals surface area contributed by atoms with E-state index in [1.165, 1.54) is 4.31 Å². The molecule has 0 amide bonds. The summed E-state index contributed by atoms with van der Waals surface area (Å²) >= 11 is 0. The van der Waals surface area contributed by atoms with E-state index in [1.54, 1.807) is 31.6 Å². The van der Waals surface area contributed by atoms with Gasteiger partial charge in [0.2, 0.25) is 10.0 Å². The van der Waals surface area contributed by atoms with Crippen LogP contribution >= 0.6 is 0 Å². The molecule has 28 heavy (non-hydrogen) atoms. The molecule has 4 rings (SSSR count). The fourth-order valence-electron chi connectivity index (χ4n) is 3.60. The highest BCUT2D eigenvalue weighted by molar-refractivity contribution is 7.89. The molecule has 8 heteroatoms. The predicted octanol–water partition coefficient (Wildman–Crippen LogP) is 2.59. The molecule has 0 N–H and O–H groups in total. The van der Waals surface area contributed by atoms with E-state index < -0.39 is 10.0 Å². The zero-order valence-electron chi connectivity index (χ0n) is 16.1. The van der Waals surface area contributed by atoms with Crippen molar-refractivity contribution >= 4 is 21.1 Å². The second-order valence-corrected chi connectivity index (χ2v) is 9.22. The number of aryl methyl sites for hydroxylation is 1. The van der Waals surface area contributed by atoms with Crippen molar-refractivity contribution in [3.8, 4) is 0 Å². The monoisotopic (exact) mass is 400 g/mol. The van der Waals surface area contributed by atoms with E-state index in [2.05, 4.69) is 14.5 Å². The SMILES string of the molecule is Cc1nc2cnccc2n1Cc1ccc(S(=O)(=O)N(C)CC2CCCO2)cc1. The third kappa shape index (κ3) is 3.67. The minimum atomic E-state index is -3.52. The maximum Gasteiger partial charge on any atom is 0.242 e. The van der Waals surface area contributed by atoms with Gasteiger partial charge >= 0.3 is 0 Å². The Kier molecular flexibility index (Phi) is 5.18. The van der Waals surface area contributed by atoms with Crippen LogP contribution in [0.15, 0.2) is 47.6 Å². The Labute approximate surface area is 165 Å². The number of aromatic nitrogens is 3. The molecule has 1 fully saturated rings. The molecule has 2 aromatic heterocycles. The molecule has 3 aromatic rings. The summed E-state index contributed by atoms with van der Waals surface area (Å²) in [4.78, 5) is 8.93. The van der Waals surface area contributed by atoms with E-state index in [1.807, 2.05) is 25.1 Å². The van der Waals surface area contributed by atoms with Gasteiger partial charge in [0.25, 0.3) is 0 Å². The van der Waals surface area contributed by atoms with Crippen LogP contribution in [0.1, 0.15) is 24.2 Å². The zero-order valence-corrected chi connectivity index (χ0v) is 16.9. The number of hydrogen-bond donors (Lipinski definition) is 0. The second-order valence-electron chi connectivity index (χ2n) is 7.17. The van der Waals surface area contributed by atoms with Crippen LogP contribution in [0.2, 0.25) is 0 Å². The lowest BCUT2D eigenvalue weighted by atomic mass is 10.2. The van der Waals surface area contributed by atoms with E-state index in [9.17, 15) is 8.42 Å². The molecule has 0 aliphatic carbocycles. The summed E-state index contributed by atoms with van der Waals surface area (Å²) in [7, 11) is -1.91. The molecule has 148 valence electrons. The minimum absolute atomic E-state index is 0.00830. The summed E-state index contributed by atoms with van der Waals surface area (Å²) in [5.74, 6) is 0.899. The highest BCUT2D eigenvalue weighted by Gasteiger charge is 2.26. The van der Waals surface area contributed by atoms with E-state index in [4.69, 9.17) is 4.74 Å². The summed E-state index contributed by atoms with van der Waals surface area (Å²) in [6.45, 7) is 3.68. The zero-order chi connectivity index (χ0) is 19.7. The van der Waals surface area contributed by atoms with Gasteiger partial charge in [0, 0.05) is 32.9 Å². The highest BCUT2D eigenvalue weighted by Crippen LogP contribution is 2.21. The average molecular weight is 401 g/mol. The molecule has 1 aliphatic rings. The first kappa shape index (κ1) is 19.0. The number of sulfonamides is 1. The number of hydrogen-bond acceptors (Lipinski definition) is 5. The molecule has 0 spiro atoms. The van der Waals surface area contributed by atoms with E-state index in [-0.39, 0.29) is 6.10 Å². The van der Waals surface area contributed by atoms with E-state index in [0.29, 0.717) is 24.6 Å². The number of fused-ring (bicyclic) bond motifs is 1. The fraction of sp³-hybridized carbons (Fsp3) is 0.400. The molecule has 1 aromatic carbocycles. The first-order valence-corrected chi connectivity index (χ1v) is 10.8. The molecular weight excluding hydrogens is 376 g/mol. The average Bonchev–Trinajstić information content (AvgIpc) is 3.30. The van der Waals surface area contributed by atoms with Crippen LogP contribution < -0.4 is 0 Å². The van der Waals surface area contributed by atoms with Gasteiger partial charge in [-0.1, -0.05) is 12.1 Å². The van der Waals surface area contributed by atoms with Crippen LogP contribution in [0.25, 0.3) is 11.0 Å². The smallest absolute Gasteiger partial charge is 0.242 e. The van der Waals surface area contributed by atoms with Gasteiger partial charge in [-0.25, -0.2) is 13.4 Å². The Morgan fingerprint density at radius 2 is 2.04 bits per heavy atom. The van der Waals surface area contributed by atoms with E-state index in [0.717, 1.165) is 35.3 Å². The molecule has 1 atom stereocenters. The van der Waals surface area contributed by atoms with Gasteiger partial charge in [-0.2, -0.15) is 4.31 Å². The first-order valence-electron chi connectivity index (χ1n) is 9.39. The third-order valence-corrected chi connectivity index (χ3v) is 7.04. The molecule has 0 bridgehead atoms. The van der Waals surface area contributed by atoms with E-state index >= 15 is 0 Å². The van der Waals surface area contributed by atoms with Crippen LogP contribution in [0.3, 0.4) is 0 Å². The van der Waals surface area contributed by atoms with Crippen molar-refractivity contribution in [2.45, 2.75) is 37.3 Å². The number of pyridine rings is 1. The number of likely N-dealkylation sites (N-methyl/N-ethyl adjacent to an activating group) is 1. The molecule has 3 heterocycles. The predicted molar refractivity (Wildman–Crippen MR) is 107 cm³/mol. The van der Waals surface area contributed by atoms with Crippen molar-refractivity contribution in [1.82, 2.24) is 18.8 Å². The lowest BCUT2D eigenvalue weighted by Gasteiger charge is -2.20. The molecule has 7 nitrogen and oxygen atoms in total. The number of ether oxygens (including phenoxy) is 1. The molecular formula is C20H24N4O3S. The standard InChI is InChI=1S/C20H24N4O3S/c1-15-22-19-12-21-10-9-20(19)24(15)13-16-5-7-18(8-6-16)28(25,26)23(2)14-17-4-3-11-27-17/h5-10,12,17H,3-4,11,13-14H2,1-2H3. The summed E-state index contributed by atoms with van der Waals surface area (Å²) in [5, 5.41) is 0. The molecule has 1 unspecified atom stereocenters. The lowest BCUT2D eigenvalue weighted by molar-refractivity contribution is 0.0979. The number of benzene rings is 1. The van der Waals surface area contributed by atoms with Crippen LogP contribution in [0, 0.1) is 6.92 Å². The normalized spacial score (nSPS) is 17.6. The molecule has 1 aliphatic heterocycles. The Bertz CT molecular complexity index is 1070. The second kappa shape index (κ2) is 7.62. The quantitative estimate of drug-likeness (QED) is 0.636. The van der Waals surface area contributed by atoms with Crippen LogP contribution in [0.5, 0.6) is 0 Å². The van der Waals surface area contributed by atoms with Crippen LogP contribution in [-0.4, -0.2) is 53.6 Å². The lowest BCUT2D eigenvalue weighted by Crippen LogP contribution is -2.34. The van der Waals surface area contributed by atoms with Gasteiger partial charge in [0.05, 0.1) is 22.7 Å². The topological polar surface area (TPSA) is 77.3 Å². The minimum Gasteiger partial charge on any atom is -0.377 e. The molecule has 0 saturated carbocycles. The van der Waals surface area contributed by atoms with Gasteiger partial charge in [-0.05, 0) is 43.5 Å². The first-order chi connectivity index (χ1) is 13.4. The maximum atomic E-state index is 12.8. The summed E-state index contributed by atoms with van der Waals surface area (Å²) in [5.41, 5.74) is 2.88. The van der Waals surface area contributed by atoms with Crippen molar-refractivity contribution in [3.05, 3.63) is 54.1 Å². The largest absolute Gasteiger partial charge is 0.377 e. The van der Waals surface area contributed by atoms with Crippen LogP contribution in [0.4, 0.5) is 0 Å². The Morgan fingerprint density at radius 3 is 2.75 bits per heavy atom. The van der Waals surface area contributed by atoms with Gasteiger partial charge in [-0.3, -0.25) is 4.98 Å². The Balaban J connectivity index is 1.52. The van der Waals surface area contributed by atoms with Gasteiger partial charge in [-0.15, -0.1) is 0 Å². The summed E-state index contributed by atoms with van der Waals surface area (Å²) < 4.78 is 34.7. The van der Waals surface area contributed by atoms with Gasteiger partial charge in [0.15, 0.2) is 0 Å². The molecule has 0 radical (unpaired) electrons. The van der Waals surface area contributed by atoms with Crippen LogP contribution in [-0.2, 0) is 21.3 Å². The van der Waals surface area contributed by atoms with Crippen molar-refractivity contribution < 1.29 is 13.2 Å². The fourth-order valence-corrected chi connectivity index (χ4v) is 4.81. The summed E-state index contributed by atoms with van der Waals surface area (Å²) in [6, 6.07) is 9.01. The third-order valence-electron chi connectivity index (χ3n) is 5.20. The summed E-state index contributed by atoms with van der Waals surface area (Å²) in [6.07, 6.45) is 5.39. The maximum absolute atomic E-state index is 12.8. The Hall–Kier alpha value is -2.29.